The molecule has 2 aromatic heterocycles. The van der Waals surface area contributed by atoms with Crippen LogP contribution in [-0.4, -0.2) is 14.5 Å². The van der Waals surface area contributed by atoms with Gasteiger partial charge < -0.3 is 14.3 Å². The predicted octanol–water partition coefficient (Wildman–Crippen LogP) is 2.50. The number of rotatable bonds is 2. The molecule has 0 bridgehead atoms. The van der Waals surface area contributed by atoms with Crippen LogP contribution in [0.25, 0.3) is 11.7 Å². The van der Waals surface area contributed by atoms with Crippen molar-refractivity contribution in [2.75, 3.05) is 0 Å². The van der Waals surface area contributed by atoms with Crippen LogP contribution in [-0.2, 0) is 19.6 Å². The smallest absolute Gasteiger partial charge is 0.263 e. The van der Waals surface area contributed by atoms with E-state index in [0.717, 1.165) is 36.8 Å². The minimum atomic E-state index is 0.619. The van der Waals surface area contributed by atoms with Crippen molar-refractivity contribution in [1.82, 2.24) is 19.9 Å². The first-order valence-electron chi connectivity index (χ1n) is 6.51. The van der Waals surface area contributed by atoms with Gasteiger partial charge >= 0.3 is 0 Å². The van der Waals surface area contributed by atoms with Crippen molar-refractivity contribution in [2.24, 2.45) is 0 Å². The Bertz CT molecular complexity index is 527. The minimum Gasteiger partial charge on any atom is -0.442 e. The molecule has 0 spiro atoms. The zero-order valence-electron chi connectivity index (χ0n) is 11.4. The van der Waals surface area contributed by atoms with E-state index >= 15 is 0 Å². The normalized spacial score (nSPS) is 13.1. The molecule has 5 heteroatoms. The molecule has 0 radical (unpaired) electrons. The van der Waals surface area contributed by atoms with Crippen molar-refractivity contribution in [1.29, 1.82) is 0 Å². The van der Waals surface area contributed by atoms with Crippen LogP contribution in [0, 0.1) is 6.92 Å². The van der Waals surface area contributed by atoms with Gasteiger partial charge in [-0.05, 0) is 13.8 Å². The van der Waals surface area contributed by atoms with Gasteiger partial charge in [-0.1, -0.05) is 13.8 Å². The Labute approximate surface area is 107 Å². The third kappa shape index (κ3) is 2.06. The van der Waals surface area contributed by atoms with Gasteiger partial charge in [-0.3, -0.25) is 0 Å². The van der Waals surface area contributed by atoms with Crippen molar-refractivity contribution in [2.45, 2.75) is 47.3 Å². The summed E-state index contributed by atoms with van der Waals surface area (Å²) in [6.45, 7) is 10.6. The molecule has 0 saturated heterocycles. The molecule has 0 unspecified atom stereocenters. The van der Waals surface area contributed by atoms with Gasteiger partial charge in [0.15, 0.2) is 5.82 Å². The van der Waals surface area contributed by atoms with Crippen molar-refractivity contribution in [3.63, 3.8) is 0 Å². The Balaban J connectivity index is 0.000000574. The fourth-order valence-electron chi connectivity index (χ4n) is 2.14. The fourth-order valence-corrected chi connectivity index (χ4v) is 2.14. The minimum absolute atomic E-state index is 0.619. The summed E-state index contributed by atoms with van der Waals surface area (Å²) >= 11 is 0. The van der Waals surface area contributed by atoms with Crippen LogP contribution in [0.1, 0.15) is 37.9 Å². The van der Waals surface area contributed by atoms with E-state index in [-0.39, 0.29) is 0 Å². The zero-order valence-corrected chi connectivity index (χ0v) is 11.4. The van der Waals surface area contributed by atoms with Gasteiger partial charge in [0.1, 0.15) is 6.26 Å². The summed E-state index contributed by atoms with van der Waals surface area (Å²) in [5, 5.41) is 3.29. The number of aryl methyl sites for hydroxylation is 1. The lowest BCUT2D eigenvalue weighted by Crippen LogP contribution is -2.08. The maximum absolute atomic E-state index is 5.41. The Kier molecular flexibility index (Phi) is 3.81. The van der Waals surface area contributed by atoms with Crippen molar-refractivity contribution < 1.29 is 4.42 Å². The highest BCUT2D eigenvalue weighted by Crippen LogP contribution is 2.24. The zero-order chi connectivity index (χ0) is 13.1. The number of hydrogen-bond donors (Lipinski definition) is 1. The van der Waals surface area contributed by atoms with Gasteiger partial charge in [-0.2, -0.15) is 0 Å². The largest absolute Gasteiger partial charge is 0.442 e. The van der Waals surface area contributed by atoms with Crippen LogP contribution < -0.4 is 5.32 Å². The molecule has 3 rings (SSSR count). The highest BCUT2D eigenvalue weighted by molar-refractivity contribution is 5.45. The third-order valence-electron chi connectivity index (χ3n) is 2.87. The third-order valence-corrected chi connectivity index (χ3v) is 2.87. The van der Waals surface area contributed by atoms with E-state index in [2.05, 4.69) is 26.8 Å². The quantitative estimate of drug-likeness (QED) is 0.887. The molecule has 1 aliphatic heterocycles. The molecule has 3 heterocycles. The van der Waals surface area contributed by atoms with Crippen LogP contribution in [0.3, 0.4) is 0 Å². The molecule has 0 aliphatic carbocycles. The highest BCUT2D eigenvalue weighted by atomic mass is 16.3. The van der Waals surface area contributed by atoms with E-state index in [9.17, 15) is 0 Å². The maximum atomic E-state index is 5.41. The Hall–Kier alpha value is -1.62. The van der Waals surface area contributed by atoms with E-state index in [4.69, 9.17) is 4.42 Å². The second-order valence-electron chi connectivity index (χ2n) is 3.97. The first-order chi connectivity index (χ1) is 8.79. The van der Waals surface area contributed by atoms with Gasteiger partial charge in [-0.25, -0.2) is 9.97 Å². The molecule has 0 aromatic carbocycles. The van der Waals surface area contributed by atoms with Crippen LogP contribution in [0.5, 0.6) is 0 Å². The van der Waals surface area contributed by atoms with E-state index in [0.29, 0.717) is 5.89 Å². The Morgan fingerprint density at radius 3 is 2.72 bits per heavy atom. The summed E-state index contributed by atoms with van der Waals surface area (Å²) in [4.78, 5) is 8.92. The number of nitrogens with one attached hydrogen (secondary N) is 1. The van der Waals surface area contributed by atoms with E-state index in [1.807, 2.05) is 20.8 Å². The van der Waals surface area contributed by atoms with Gasteiger partial charge in [-0.15, -0.1) is 0 Å². The molecule has 0 atom stereocenters. The van der Waals surface area contributed by atoms with Gasteiger partial charge in [0.2, 0.25) is 0 Å². The van der Waals surface area contributed by atoms with E-state index in [1.165, 1.54) is 5.69 Å². The van der Waals surface area contributed by atoms with E-state index in [1.54, 1.807) is 6.26 Å². The molecule has 5 nitrogen and oxygen atoms in total. The SMILES string of the molecule is CC.CCn1c(-c2nc(C)co2)nc2c1CNC2. The van der Waals surface area contributed by atoms with Crippen molar-refractivity contribution in [3.8, 4) is 11.7 Å². The molecule has 2 aromatic rings. The molecular formula is C13H20N4O. The first kappa shape index (κ1) is 12.8. The summed E-state index contributed by atoms with van der Waals surface area (Å²) in [5.41, 5.74) is 3.26. The first-order valence-corrected chi connectivity index (χ1v) is 6.51. The highest BCUT2D eigenvalue weighted by Gasteiger charge is 2.23. The monoisotopic (exact) mass is 248 g/mol. The Morgan fingerprint density at radius 2 is 2.11 bits per heavy atom. The molecule has 0 saturated carbocycles. The second kappa shape index (κ2) is 5.35. The summed E-state index contributed by atoms with van der Waals surface area (Å²) < 4.78 is 7.58. The maximum Gasteiger partial charge on any atom is 0.263 e. The molecule has 98 valence electrons. The molecule has 18 heavy (non-hydrogen) atoms. The second-order valence-corrected chi connectivity index (χ2v) is 3.97. The summed E-state index contributed by atoms with van der Waals surface area (Å²) in [6, 6.07) is 0. The number of aromatic nitrogens is 3. The van der Waals surface area contributed by atoms with Crippen molar-refractivity contribution >= 4 is 0 Å². The summed E-state index contributed by atoms with van der Waals surface area (Å²) in [5.74, 6) is 1.47. The standard InChI is InChI=1S/C11H14N4O.C2H6/c1-3-15-9-5-12-4-8(9)14-10(15)11-13-7(2)6-16-11;1-2/h6,12H,3-5H2,1-2H3;1-2H3. The average molecular weight is 248 g/mol. The summed E-state index contributed by atoms with van der Waals surface area (Å²) in [6.07, 6.45) is 1.66. The molecule has 0 fully saturated rings. The average Bonchev–Trinajstić information content (AvgIpc) is 3.05. The predicted molar refractivity (Wildman–Crippen MR) is 70.0 cm³/mol. The van der Waals surface area contributed by atoms with Crippen LogP contribution in [0.15, 0.2) is 10.7 Å². The van der Waals surface area contributed by atoms with Gasteiger partial charge in [0.05, 0.1) is 17.1 Å². The number of oxazole rings is 1. The van der Waals surface area contributed by atoms with Crippen LogP contribution in [0.4, 0.5) is 0 Å². The summed E-state index contributed by atoms with van der Waals surface area (Å²) in [7, 11) is 0. The molecule has 0 amide bonds. The number of hydrogen-bond acceptors (Lipinski definition) is 4. The lowest BCUT2D eigenvalue weighted by molar-refractivity contribution is 0.557. The number of nitrogens with zero attached hydrogens (tertiary/aromatic N) is 3. The lowest BCUT2D eigenvalue weighted by atomic mass is 10.4. The van der Waals surface area contributed by atoms with E-state index < -0.39 is 0 Å². The Morgan fingerprint density at radius 1 is 1.33 bits per heavy atom. The van der Waals surface area contributed by atoms with Crippen molar-refractivity contribution in [3.05, 3.63) is 23.3 Å². The molecular weight excluding hydrogens is 228 g/mol. The molecule has 1 aliphatic rings. The fraction of sp³-hybridized carbons (Fsp3) is 0.538. The number of imidazole rings is 1. The topological polar surface area (TPSA) is 55.9 Å². The van der Waals surface area contributed by atoms with Crippen LogP contribution >= 0.6 is 0 Å². The lowest BCUT2D eigenvalue weighted by Gasteiger charge is -2.04. The van der Waals surface area contributed by atoms with Gasteiger partial charge in [0.25, 0.3) is 5.89 Å². The van der Waals surface area contributed by atoms with Crippen LogP contribution in [0.2, 0.25) is 0 Å². The van der Waals surface area contributed by atoms with Gasteiger partial charge in [0, 0.05) is 19.6 Å². The molecule has 1 N–H and O–H groups in total. The number of fused-ring (bicyclic) bond motifs is 1.